The summed E-state index contributed by atoms with van der Waals surface area (Å²) in [6.45, 7) is 10.4. The molecule has 3 rings (SSSR count). The molecule has 2 aromatic carbocycles. The zero-order valence-electron chi connectivity index (χ0n) is 17.3. The molecular weight excluding hydrogens is 368 g/mol. The zero-order valence-corrected chi connectivity index (χ0v) is 18.1. The lowest BCUT2D eigenvalue weighted by Gasteiger charge is -2.34. The Hall–Kier alpha value is -1.55. The third kappa shape index (κ3) is 7.12. The molecule has 1 heterocycles. The summed E-state index contributed by atoms with van der Waals surface area (Å²) in [4.78, 5) is 5.14. The standard InChI is InChI=1S/C24H34N2O.ClH/c1-21(2)19-27-20-24(25-15-9-10-16-25)18-26(23-13-7-4-8-14-23)17-22-11-5-3-6-12-22;/h3-8,11-14,21,24H,9-10,15-20H2,1-2H3;1H/t24-;/m0./s1. The maximum absolute atomic E-state index is 6.09. The molecule has 0 unspecified atom stereocenters. The maximum atomic E-state index is 6.09. The van der Waals surface area contributed by atoms with Gasteiger partial charge in [0.05, 0.1) is 12.6 Å². The highest BCUT2D eigenvalue weighted by atomic mass is 35.5. The molecule has 1 atom stereocenters. The quantitative estimate of drug-likeness (QED) is 0.539. The SMILES string of the molecule is CC(C)COC[C@H](CN(Cc1ccccc1)c1ccccc1)N1CCCC1.Cl. The van der Waals surface area contributed by atoms with Gasteiger partial charge in [0, 0.05) is 25.4 Å². The van der Waals surface area contributed by atoms with Crippen molar-refractivity contribution in [1.82, 2.24) is 4.90 Å². The smallest absolute Gasteiger partial charge is 0.0639 e. The summed E-state index contributed by atoms with van der Waals surface area (Å²) in [5.41, 5.74) is 2.64. The molecule has 0 aliphatic carbocycles. The number of benzene rings is 2. The lowest BCUT2D eigenvalue weighted by molar-refractivity contribution is 0.0567. The van der Waals surface area contributed by atoms with Crippen LogP contribution in [-0.4, -0.2) is 43.8 Å². The molecule has 28 heavy (non-hydrogen) atoms. The van der Waals surface area contributed by atoms with Crippen LogP contribution in [0.3, 0.4) is 0 Å². The van der Waals surface area contributed by atoms with Crippen LogP contribution in [0.5, 0.6) is 0 Å². The lowest BCUT2D eigenvalue weighted by Crippen LogP contribution is -2.45. The molecule has 0 amide bonds. The van der Waals surface area contributed by atoms with Crippen molar-refractivity contribution in [2.45, 2.75) is 39.3 Å². The molecule has 1 fully saturated rings. The first-order valence-electron chi connectivity index (χ1n) is 10.4. The number of hydrogen-bond acceptors (Lipinski definition) is 3. The second-order valence-corrected chi connectivity index (χ2v) is 8.03. The third-order valence-corrected chi connectivity index (χ3v) is 5.19. The highest BCUT2D eigenvalue weighted by Crippen LogP contribution is 2.20. The summed E-state index contributed by atoms with van der Waals surface area (Å²) in [5, 5.41) is 0. The first-order chi connectivity index (χ1) is 13.2. The number of anilines is 1. The molecule has 1 aliphatic rings. The number of nitrogens with zero attached hydrogens (tertiary/aromatic N) is 2. The Morgan fingerprint density at radius 3 is 2.11 bits per heavy atom. The van der Waals surface area contributed by atoms with Crippen molar-refractivity contribution in [2.24, 2.45) is 5.92 Å². The summed E-state index contributed by atoms with van der Waals surface area (Å²) in [5.74, 6) is 0.582. The van der Waals surface area contributed by atoms with Gasteiger partial charge in [-0.1, -0.05) is 62.4 Å². The Morgan fingerprint density at radius 1 is 0.893 bits per heavy atom. The summed E-state index contributed by atoms with van der Waals surface area (Å²) < 4.78 is 6.09. The molecule has 3 nitrogen and oxygen atoms in total. The highest BCUT2D eigenvalue weighted by Gasteiger charge is 2.25. The molecule has 4 heteroatoms. The fraction of sp³-hybridized carbons (Fsp3) is 0.500. The van der Waals surface area contributed by atoms with Gasteiger partial charge in [-0.2, -0.15) is 0 Å². The van der Waals surface area contributed by atoms with Crippen LogP contribution >= 0.6 is 12.4 Å². The topological polar surface area (TPSA) is 15.7 Å². The monoisotopic (exact) mass is 402 g/mol. The van der Waals surface area contributed by atoms with Crippen LogP contribution in [0.1, 0.15) is 32.3 Å². The van der Waals surface area contributed by atoms with E-state index < -0.39 is 0 Å². The van der Waals surface area contributed by atoms with Gasteiger partial charge < -0.3 is 9.64 Å². The van der Waals surface area contributed by atoms with Gasteiger partial charge in [0.1, 0.15) is 0 Å². The Morgan fingerprint density at radius 2 is 1.50 bits per heavy atom. The zero-order chi connectivity index (χ0) is 18.9. The van der Waals surface area contributed by atoms with E-state index in [1.165, 1.54) is 37.2 Å². The first kappa shape index (κ1) is 22.7. The number of likely N-dealkylation sites (tertiary alicyclic amines) is 1. The molecular formula is C24H35ClN2O. The number of halogens is 1. The van der Waals surface area contributed by atoms with Gasteiger partial charge in [0.25, 0.3) is 0 Å². The molecule has 0 N–H and O–H groups in total. The van der Waals surface area contributed by atoms with E-state index in [9.17, 15) is 0 Å². The van der Waals surface area contributed by atoms with Crippen LogP contribution < -0.4 is 4.90 Å². The Bertz CT molecular complexity index is 644. The molecule has 1 saturated heterocycles. The molecule has 0 aromatic heterocycles. The predicted octanol–water partition coefficient (Wildman–Crippen LogP) is 5.25. The fourth-order valence-electron chi connectivity index (χ4n) is 3.78. The van der Waals surface area contributed by atoms with Crippen molar-refractivity contribution in [2.75, 3.05) is 37.7 Å². The normalized spacial score (nSPS) is 15.4. The number of para-hydroxylation sites is 1. The van der Waals surface area contributed by atoms with Gasteiger partial charge in [-0.05, 0) is 49.5 Å². The van der Waals surface area contributed by atoms with Crippen LogP contribution in [0.4, 0.5) is 5.69 Å². The molecule has 0 saturated carbocycles. The maximum Gasteiger partial charge on any atom is 0.0639 e. The van der Waals surface area contributed by atoms with Crippen molar-refractivity contribution < 1.29 is 4.74 Å². The van der Waals surface area contributed by atoms with Crippen molar-refractivity contribution in [1.29, 1.82) is 0 Å². The van der Waals surface area contributed by atoms with E-state index in [2.05, 4.69) is 84.3 Å². The molecule has 2 aromatic rings. The van der Waals surface area contributed by atoms with Crippen LogP contribution in [0.15, 0.2) is 60.7 Å². The van der Waals surface area contributed by atoms with Crippen LogP contribution in [0.2, 0.25) is 0 Å². The van der Waals surface area contributed by atoms with E-state index in [4.69, 9.17) is 4.74 Å². The van der Waals surface area contributed by atoms with Gasteiger partial charge >= 0.3 is 0 Å². The van der Waals surface area contributed by atoms with Gasteiger partial charge in [0.15, 0.2) is 0 Å². The second kappa shape index (κ2) is 12.1. The lowest BCUT2D eigenvalue weighted by atomic mass is 10.1. The van der Waals surface area contributed by atoms with E-state index in [0.717, 1.165) is 26.3 Å². The number of rotatable bonds is 10. The summed E-state index contributed by atoms with van der Waals surface area (Å²) in [6.07, 6.45) is 2.62. The van der Waals surface area contributed by atoms with Crippen LogP contribution in [0, 0.1) is 5.92 Å². The van der Waals surface area contributed by atoms with Crippen molar-refractivity contribution >= 4 is 18.1 Å². The Labute approximate surface area is 177 Å². The Kier molecular flexibility index (Phi) is 9.83. The van der Waals surface area contributed by atoms with Crippen molar-refractivity contribution in [3.05, 3.63) is 66.2 Å². The predicted molar refractivity (Wildman–Crippen MR) is 121 cm³/mol. The van der Waals surface area contributed by atoms with E-state index in [1.54, 1.807) is 0 Å². The largest absolute Gasteiger partial charge is 0.379 e. The van der Waals surface area contributed by atoms with E-state index in [0.29, 0.717) is 12.0 Å². The van der Waals surface area contributed by atoms with Gasteiger partial charge in [-0.25, -0.2) is 0 Å². The minimum Gasteiger partial charge on any atom is -0.379 e. The summed E-state index contributed by atoms with van der Waals surface area (Å²) >= 11 is 0. The van der Waals surface area contributed by atoms with E-state index in [-0.39, 0.29) is 12.4 Å². The average Bonchev–Trinajstić information content (AvgIpc) is 3.22. The van der Waals surface area contributed by atoms with Gasteiger partial charge in [-0.3, -0.25) is 4.90 Å². The van der Waals surface area contributed by atoms with E-state index in [1.807, 2.05) is 0 Å². The molecule has 0 spiro atoms. The number of hydrogen-bond donors (Lipinski definition) is 0. The molecule has 1 aliphatic heterocycles. The minimum absolute atomic E-state index is 0. The van der Waals surface area contributed by atoms with E-state index >= 15 is 0 Å². The van der Waals surface area contributed by atoms with Gasteiger partial charge in [0.2, 0.25) is 0 Å². The highest BCUT2D eigenvalue weighted by molar-refractivity contribution is 5.85. The van der Waals surface area contributed by atoms with Crippen LogP contribution in [-0.2, 0) is 11.3 Å². The van der Waals surface area contributed by atoms with Crippen molar-refractivity contribution in [3.8, 4) is 0 Å². The Balaban J connectivity index is 0.00000280. The minimum atomic E-state index is 0. The first-order valence-corrected chi connectivity index (χ1v) is 10.4. The van der Waals surface area contributed by atoms with Gasteiger partial charge in [-0.15, -0.1) is 12.4 Å². The number of ether oxygens (including phenoxy) is 1. The second-order valence-electron chi connectivity index (χ2n) is 8.03. The molecule has 154 valence electrons. The molecule has 0 bridgehead atoms. The summed E-state index contributed by atoms with van der Waals surface area (Å²) in [6, 6.07) is 22.0. The summed E-state index contributed by atoms with van der Waals surface area (Å²) in [7, 11) is 0. The third-order valence-electron chi connectivity index (χ3n) is 5.19. The van der Waals surface area contributed by atoms with Crippen LogP contribution in [0.25, 0.3) is 0 Å². The fourth-order valence-corrected chi connectivity index (χ4v) is 3.78. The average molecular weight is 403 g/mol. The molecule has 0 radical (unpaired) electrons. The van der Waals surface area contributed by atoms with Crippen molar-refractivity contribution in [3.63, 3.8) is 0 Å².